The SMILES string of the molecule is CCCCCCOc1ccc2[nH]nc(NC(=O)COc3ccc(C(C)(C)C)cc3)c2c1. The van der Waals surface area contributed by atoms with Gasteiger partial charge in [0.2, 0.25) is 0 Å². The highest BCUT2D eigenvalue weighted by Gasteiger charge is 2.14. The third-order valence-electron chi connectivity index (χ3n) is 5.15. The summed E-state index contributed by atoms with van der Waals surface area (Å²) >= 11 is 0. The zero-order valence-corrected chi connectivity index (χ0v) is 19.0. The van der Waals surface area contributed by atoms with Gasteiger partial charge in [-0.05, 0) is 47.7 Å². The van der Waals surface area contributed by atoms with E-state index in [1.54, 1.807) is 0 Å². The van der Waals surface area contributed by atoms with E-state index in [1.807, 2.05) is 42.5 Å². The van der Waals surface area contributed by atoms with Crippen molar-refractivity contribution in [1.29, 1.82) is 0 Å². The molecule has 1 heterocycles. The van der Waals surface area contributed by atoms with Crippen LogP contribution in [0.15, 0.2) is 42.5 Å². The summed E-state index contributed by atoms with van der Waals surface area (Å²) in [5.74, 6) is 1.65. The van der Waals surface area contributed by atoms with Crippen LogP contribution in [0.3, 0.4) is 0 Å². The minimum atomic E-state index is -0.265. The molecule has 0 aliphatic rings. The Morgan fingerprint density at radius 3 is 2.45 bits per heavy atom. The summed E-state index contributed by atoms with van der Waals surface area (Å²) < 4.78 is 11.5. The zero-order valence-electron chi connectivity index (χ0n) is 19.0. The Labute approximate surface area is 184 Å². The molecule has 0 fully saturated rings. The van der Waals surface area contributed by atoms with Crippen molar-refractivity contribution in [1.82, 2.24) is 10.2 Å². The number of H-pyrrole nitrogens is 1. The second-order valence-electron chi connectivity index (χ2n) is 8.80. The first-order chi connectivity index (χ1) is 14.9. The Hall–Kier alpha value is -3.02. The van der Waals surface area contributed by atoms with Crippen molar-refractivity contribution in [3.63, 3.8) is 0 Å². The molecule has 2 N–H and O–H groups in total. The van der Waals surface area contributed by atoms with Gasteiger partial charge in [-0.3, -0.25) is 9.89 Å². The molecular weight excluding hydrogens is 390 g/mol. The maximum atomic E-state index is 12.4. The first-order valence-electron chi connectivity index (χ1n) is 11.0. The van der Waals surface area contributed by atoms with E-state index in [9.17, 15) is 4.79 Å². The van der Waals surface area contributed by atoms with Crippen LogP contribution in [0.25, 0.3) is 10.9 Å². The third-order valence-corrected chi connectivity index (χ3v) is 5.15. The van der Waals surface area contributed by atoms with E-state index in [-0.39, 0.29) is 17.9 Å². The average molecular weight is 424 g/mol. The van der Waals surface area contributed by atoms with Crippen molar-refractivity contribution >= 4 is 22.6 Å². The Balaban J connectivity index is 1.55. The quantitative estimate of drug-likeness (QED) is 0.402. The number of ether oxygens (including phenoxy) is 2. The molecule has 166 valence electrons. The number of hydrogen-bond donors (Lipinski definition) is 2. The van der Waals surface area contributed by atoms with Crippen molar-refractivity contribution in [2.45, 2.75) is 58.8 Å². The van der Waals surface area contributed by atoms with E-state index in [0.717, 1.165) is 23.1 Å². The maximum absolute atomic E-state index is 12.4. The summed E-state index contributed by atoms with van der Waals surface area (Å²) in [5.41, 5.74) is 2.14. The number of unbranched alkanes of at least 4 members (excludes halogenated alkanes) is 3. The summed E-state index contributed by atoms with van der Waals surface area (Å²) in [6.45, 7) is 9.27. The fourth-order valence-corrected chi connectivity index (χ4v) is 3.27. The topological polar surface area (TPSA) is 76.2 Å². The molecule has 6 nitrogen and oxygen atoms in total. The molecule has 0 spiro atoms. The number of amides is 1. The van der Waals surface area contributed by atoms with Crippen molar-refractivity contribution < 1.29 is 14.3 Å². The van der Waals surface area contributed by atoms with Gasteiger partial charge in [0.1, 0.15) is 11.5 Å². The predicted molar refractivity (Wildman–Crippen MR) is 125 cm³/mol. The molecule has 3 rings (SSSR count). The molecule has 0 radical (unpaired) electrons. The molecule has 1 aromatic heterocycles. The Morgan fingerprint density at radius 1 is 1.00 bits per heavy atom. The van der Waals surface area contributed by atoms with Crippen LogP contribution in [-0.2, 0) is 10.2 Å². The summed E-state index contributed by atoms with van der Waals surface area (Å²) in [6.07, 6.45) is 4.64. The van der Waals surface area contributed by atoms with Crippen molar-refractivity contribution in [3.8, 4) is 11.5 Å². The second-order valence-corrected chi connectivity index (χ2v) is 8.80. The van der Waals surface area contributed by atoms with E-state index in [0.29, 0.717) is 18.2 Å². The molecule has 2 aromatic carbocycles. The van der Waals surface area contributed by atoms with Gasteiger partial charge in [-0.15, -0.1) is 0 Å². The van der Waals surface area contributed by atoms with Crippen LogP contribution in [0.4, 0.5) is 5.82 Å². The van der Waals surface area contributed by atoms with Crippen LogP contribution >= 0.6 is 0 Å². The fraction of sp³-hybridized carbons (Fsp3) is 0.440. The number of fused-ring (bicyclic) bond motifs is 1. The number of benzene rings is 2. The van der Waals surface area contributed by atoms with Gasteiger partial charge in [-0.2, -0.15) is 5.10 Å². The number of rotatable bonds is 10. The average Bonchev–Trinajstić information content (AvgIpc) is 3.14. The lowest BCUT2D eigenvalue weighted by Crippen LogP contribution is -2.20. The highest BCUT2D eigenvalue weighted by Crippen LogP contribution is 2.26. The van der Waals surface area contributed by atoms with E-state index >= 15 is 0 Å². The van der Waals surface area contributed by atoms with Gasteiger partial charge >= 0.3 is 0 Å². The Kier molecular flexibility index (Phi) is 7.55. The summed E-state index contributed by atoms with van der Waals surface area (Å²) in [5, 5.41) is 10.8. The smallest absolute Gasteiger partial charge is 0.263 e. The molecule has 31 heavy (non-hydrogen) atoms. The second kappa shape index (κ2) is 10.3. The molecule has 0 bridgehead atoms. The van der Waals surface area contributed by atoms with Gasteiger partial charge in [0.15, 0.2) is 12.4 Å². The highest BCUT2D eigenvalue weighted by atomic mass is 16.5. The number of aromatic amines is 1. The molecule has 0 saturated heterocycles. The number of carbonyl (C=O) groups is 1. The summed E-state index contributed by atoms with van der Waals surface area (Å²) in [7, 11) is 0. The number of nitrogens with zero attached hydrogens (tertiary/aromatic N) is 1. The first kappa shape index (κ1) is 22.7. The van der Waals surface area contributed by atoms with Crippen LogP contribution in [0.1, 0.15) is 58.9 Å². The van der Waals surface area contributed by atoms with Crippen LogP contribution in [-0.4, -0.2) is 29.3 Å². The number of carbonyl (C=O) groups excluding carboxylic acids is 1. The van der Waals surface area contributed by atoms with Crippen LogP contribution < -0.4 is 14.8 Å². The van der Waals surface area contributed by atoms with Gasteiger partial charge in [0.05, 0.1) is 12.1 Å². The standard InChI is InChI=1S/C25H33N3O3/c1-5-6-7-8-15-30-20-13-14-22-21(16-20)24(28-27-22)26-23(29)17-31-19-11-9-18(10-12-19)25(2,3)4/h9-14,16H,5-8,15,17H2,1-4H3,(H2,26,27,28,29). The molecular formula is C25H33N3O3. The Morgan fingerprint density at radius 2 is 1.74 bits per heavy atom. The van der Waals surface area contributed by atoms with Crippen LogP contribution in [0.2, 0.25) is 0 Å². The van der Waals surface area contributed by atoms with Gasteiger partial charge in [-0.25, -0.2) is 0 Å². The molecule has 3 aromatic rings. The summed E-state index contributed by atoms with van der Waals surface area (Å²) in [6, 6.07) is 13.6. The largest absolute Gasteiger partial charge is 0.494 e. The molecule has 0 saturated carbocycles. The lowest BCUT2D eigenvalue weighted by molar-refractivity contribution is -0.118. The zero-order chi connectivity index (χ0) is 22.3. The minimum absolute atomic E-state index is 0.0784. The molecule has 6 heteroatoms. The Bertz CT molecular complexity index is 987. The van der Waals surface area contributed by atoms with Crippen molar-refractivity contribution in [2.24, 2.45) is 0 Å². The molecule has 0 unspecified atom stereocenters. The monoisotopic (exact) mass is 423 g/mol. The summed E-state index contributed by atoms with van der Waals surface area (Å²) in [4.78, 5) is 12.4. The third kappa shape index (κ3) is 6.48. The van der Waals surface area contributed by atoms with E-state index in [4.69, 9.17) is 9.47 Å². The lowest BCUT2D eigenvalue weighted by atomic mass is 9.87. The number of hydrogen-bond acceptors (Lipinski definition) is 4. The number of anilines is 1. The maximum Gasteiger partial charge on any atom is 0.263 e. The van der Waals surface area contributed by atoms with Gasteiger partial charge < -0.3 is 14.8 Å². The predicted octanol–water partition coefficient (Wildman–Crippen LogP) is 5.84. The number of nitrogens with one attached hydrogen (secondary N) is 2. The molecule has 0 atom stereocenters. The minimum Gasteiger partial charge on any atom is -0.494 e. The van der Waals surface area contributed by atoms with E-state index in [2.05, 4.69) is 43.2 Å². The van der Waals surface area contributed by atoms with Gasteiger partial charge in [-0.1, -0.05) is 59.1 Å². The lowest BCUT2D eigenvalue weighted by Gasteiger charge is -2.19. The van der Waals surface area contributed by atoms with Crippen LogP contribution in [0.5, 0.6) is 11.5 Å². The van der Waals surface area contributed by atoms with Crippen LogP contribution in [0, 0.1) is 0 Å². The highest BCUT2D eigenvalue weighted by molar-refractivity contribution is 6.00. The van der Waals surface area contributed by atoms with Crippen molar-refractivity contribution in [2.75, 3.05) is 18.5 Å². The normalized spacial score (nSPS) is 11.5. The molecule has 1 amide bonds. The first-order valence-corrected chi connectivity index (χ1v) is 11.0. The molecule has 0 aliphatic carbocycles. The van der Waals surface area contributed by atoms with E-state index < -0.39 is 0 Å². The molecule has 0 aliphatic heterocycles. The fourth-order valence-electron chi connectivity index (χ4n) is 3.27. The van der Waals surface area contributed by atoms with Gasteiger partial charge in [0.25, 0.3) is 5.91 Å². The van der Waals surface area contributed by atoms with Crippen molar-refractivity contribution in [3.05, 3.63) is 48.0 Å². The van der Waals surface area contributed by atoms with Gasteiger partial charge in [0, 0.05) is 5.39 Å². The van der Waals surface area contributed by atoms with E-state index in [1.165, 1.54) is 24.8 Å². The number of aromatic nitrogens is 2.